The van der Waals surface area contributed by atoms with Crippen LogP contribution in [0.15, 0.2) is 59.4 Å². The molecule has 1 aromatic heterocycles. The molecule has 0 aliphatic heterocycles. The number of aryl methyl sites for hydroxylation is 1. The van der Waals surface area contributed by atoms with E-state index >= 15 is 0 Å². The summed E-state index contributed by atoms with van der Waals surface area (Å²) in [4.78, 5) is 22.5. The Labute approximate surface area is 148 Å². The Kier molecular flexibility index (Phi) is 4.84. The van der Waals surface area contributed by atoms with Crippen molar-refractivity contribution in [1.29, 1.82) is 0 Å². The summed E-state index contributed by atoms with van der Waals surface area (Å²) in [5.74, 6) is -0.00470. The quantitative estimate of drug-likeness (QED) is 0.427. The van der Waals surface area contributed by atoms with Gasteiger partial charge in [-0.15, -0.1) is 10.2 Å². The van der Waals surface area contributed by atoms with E-state index in [9.17, 15) is 14.9 Å². The number of carbonyl (C=O) groups is 1. The summed E-state index contributed by atoms with van der Waals surface area (Å²) in [6.45, 7) is 1.86. The van der Waals surface area contributed by atoms with Gasteiger partial charge in [-0.2, -0.15) is 0 Å². The molecule has 0 unspecified atom stereocenters. The Morgan fingerprint density at radius 2 is 2.12 bits per heavy atom. The Hall–Kier alpha value is -3.81. The minimum atomic E-state index is -0.482. The third-order valence-corrected chi connectivity index (χ3v) is 3.61. The molecule has 1 amide bonds. The summed E-state index contributed by atoms with van der Waals surface area (Å²) in [5.41, 5.74) is 2.69. The zero-order valence-electron chi connectivity index (χ0n) is 13.7. The standard InChI is InChI=1S/C18H14N4O4/c1-12-5-7-14(18-21-19-11-26-18)10-16(12)20-17(23)8-6-13-3-2-4-15(9-13)22(24)25/h2-11H,1H3,(H,20,23)/b8-6+. The van der Waals surface area contributed by atoms with E-state index in [1.165, 1.54) is 30.7 Å². The fourth-order valence-corrected chi connectivity index (χ4v) is 2.28. The van der Waals surface area contributed by atoms with Gasteiger partial charge >= 0.3 is 0 Å². The number of anilines is 1. The number of carbonyl (C=O) groups excluding carboxylic acids is 1. The number of benzene rings is 2. The van der Waals surface area contributed by atoms with Crippen LogP contribution in [0.3, 0.4) is 0 Å². The van der Waals surface area contributed by atoms with E-state index in [1.807, 2.05) is 19.1 Å². The van der Waals surface area contributed by atoms with Crippen LogP contribution in [0.4, 0.5) is 11.4 Å². The van der Waals surface area contributed by atoms with E-state index in [1.54, 1.807) is 18.2 Å². The van der Waals surface area contributed by atoms with Gasteiger partial charge in [-0.05, 0) is 36.3 Å². The molecule has 8 nitrogen and oxygen atoms in total. The number of amides is 1. The van der Waals surface area contributed by atoms with Crippen LogP contribution >= 0.6 is 0 Å². The van der Waals surface area contributed by atoms with Gasteiger partial charge in [0.15, 0.2) is 0 Å². The van der Waals surface area contributed by atoms with Crippen molar-refractivity contribution < 1.29 is 14.1 Å². The maximum absolute atomic E-state index is 12.2. The molecule has 1 heterocycles. The number of rotatable bonds is 5. The van der Waals surface area contributed by atoms with E-state index in [-0.39, 0.29) is 11.6 Å². The van der Waals surface area contributed by atoms with E-state index in [0.29, 0.717) is 22.7 Å². The molecule has 0 spiro atoms. The van der Waals surface area contributed by atoms with Crippen LogP contribution < -0.4 is 5.32 Å². The lowest BCUT2D eigenvalue weighted by Crippen LogP contribution is -2.09. The Balaban J connectivity index is 1.75. The van der Waals surface area contributed by atoms with E-state index < -0.39 is 4.92 Å². The number of non-ortho nitro benzene ring substituents is 1. The highest BCUT2D eigenvalue weighted by molar-refractivity contribution is 6.02. The SMILES string of the molecule is Cc1ccc(-c2nnco2)cc1NC(=O)/C=C/c1cccc([N+](=O)[O-])c1. The third kappa shape index (κ3) is 3.99. The molecule has 0 bridgehead atoms. The lowest BCUT2D eigenvalue weighted by molar-refractivity contribution is -0.384. The van der Waals surface area contributed by atoms with E-state index in [2.05, 4.69) is 15.5 Å². The second kappa shape index (κ2) is 7.39. The van der Waals surface area contributed by atoms with Gasteiger partial charge in [0.05, 0.1) is 4.92 Å². The van der Waals surface area contributed by atoms with Crippen LogP contribution in [0.5, 0.6) is 0 Å². The van der Waals surface area contributed by atoms with Gasteiger partial charge in [-0.1, -0.05) is 18.2 Å². The number of nitro benzene ring substituents is 1. The molecule has 0 atom stereocenters. The summed E-state index contributed by atoms with van der Waals surface area (Å²) in [6, 6.07) is 11.4. The summed E-state index contributed by atoms with van der Waals surface area (Å²) in [5, 5.41) is 21.0. The maximum Gasteiger partial charge on any atom is 0.270 e. The summed E-state index contributed by atoms with van der Waals surface area (Å²) in [6.07, 6.45) is 4.06. The normalized spacial score (nSPS) is 10.8. The van der Waals surface area contributed by atoms with Gasteiger partial charge in [-0.3, -0.25) is 14.9 Å². The highest BCUT2D eigenvalue weighted by Crippen LogP contribution is 2.24. The molecule has 1 N–H and O–H groups in total. The summed E-state index contributed by atoms with van der Waals surface area (Å²) >= 11 is 0. The maximum atomic E-state index is 12.2. The Bertz CT molecular complexity index is 981. The highest BCUT2D eigenvalue weighted by atomic mass is 16.6. The molecule has 0 aliphatic rings. The number of hydrogen-bond acceptors (Lipinski definition) is 6. The molecule has 8 heteroatoms. The molecule has 3 rings (SSSR count). The van der Waals surface area contributed by atoms with Crippen molar-refractivity contribution in [3.63, 3.8) is 0 Å². The van der Waals surface area contributed by atoms with Crippen molar-refractivity contribution in [1.82, 2.24) is 10.2 Å². The first-order valence-electron chi connectivity index (χ1n) is 7.63. The average Bonchev–Trinajstić information content (AvgIpc) is 3.17. The molecule has 0 radical (unpaired) electrons. The smallest absolute Gasteiger partial charge is 0.270 e. The van der Waals surface area contributed by atoms with Crippen molar-refractivity contribution in [2.24, 2.45) is 0 Å². The predicted octanol–water partition coefficient (Wildman–Crippen LogP) is 3.61. The fourth-order valence-electron chi connectivity index (χ4n) is 2.28. The Morgan fingerprint density at radius 1 is 1.27 bits per heavy atom. The topological polar surface area (TPSA) is 111 Å². The lowest BCUT2D eigenvalue weighted by atomic mass is 10.1. The van der Waals surface area contributed by atoms with Gasteiger partial charge < -0.3 is 9.73 Å². The average molecular weight is 350 g/mol. The molecule has 0 aliphatic carbocycles. The molecule has 0 saturated carbocycles. The van der Waals surface area contributed by atoms with Crippen LogP contribution in [-0.2, 0) is 4.79 Å². The summed E-state index contributed by atoms with van der Waals surface area (Å²) < 4.78 is 5.15. The number of nitrogens with zero attached hydrogens (tertiary/aromatic N) is 3. The van der Waals surface area contributed by atoms with Crippen molar-refractivity contribution in [3.05, 3.63) is 76.2 Å². The molecule has 26 heavy (non-hydrogen) atoms. The molecule has 0 saturated heterocycles. The van der Waals surface area contributed by atoms with Crippen LogP contribution in [0.25, 0.3) is 17.5 Å². The van der Waals surface area contributed by atoms with Crippen LogP contribution in [0.1, 0.15) is 11.1 Å². The minimum Gasteiger partial charge on any atom is -0.423 e. The van der Waals surface area contributed by atoms with Gasteiger partial charge in [-0.25, -0.2) is 0 Å². The largest absolute Gasteiger partial charge is 0.423 e. The van der Waals surface area contributed by atoms with Gasteiger partial charge in [0.1, 0.15) is 0 Å². The monoisotopic (exact) mass is 350 g/mol. The first kappa shape index (κ1) is 17.0. The highest BCUT2D eigenvalue weighted by Gasteiger charge is 2.08. The van der Waals surface area contributed by atoms with Crippen LogP contribution in [-0.4, -0.2) is 21.0 Å². The summed E-state index contributed by atoms with van der Waals surface area (Å²) in [7, 11) is 0. The van der Waals surface area contributed by atoms with E-state index in [4.69, 9.17) is 4.42 Å². The molecular weight excluding hydrogens is 336 g/mol. The van der Waals surface area contributed by atoms with Gasteiger partial charge in [0.2, 0.25) is 18.2 Å². The Morgan fingerprint density at radius 3 is 2.85 bits per heavy atom. The van der Waals surface area contributed by atoms with E-state index in [0.717, 1.165) is 5.56 Å². The molecule has 130 valence electrons. The molecule has 3 aromatic rings. The third-order valence-electron chi connectivity index (χ3n) is 3.61. The number of hydrogen-bond donors (Lipinski definition) is 1. The molecule has 2 aromatic carbocycles. The van der Waals surface area contributed by atoms with Crippen LogP contribution in [0, 0.1) is 17.0 Å². The van der Waals surface area contributed by atoms with Crippen molar-refractivity contribution in [2.75, 3.05) is 5.32 Å². The van der Waals surface area contributed by atoms with Gasteiger partial charge in [0.25, 0.3) is 5.69 Å². The number of aromatic nitrogens is 2. The molecule has 0 fully saturated rings. The van der Waals surface area contributed by atoms with Crippen LogP contribution in [0.2, 0.25) is 0 Å². The first-order chi connectivity index (χ1) is 12.5. The lowest BCUT2D eigenvalue weighted by Gasteiger charge is -2.07. The second-order valence-corrected chi connectivity index (χ2v) is 5.45. The zero-order valence-corrected chi connectivity index (χ0v) is 13.7. The van der Waals surface area contributed by atoms with Crippen molar-refractivity contribution in [2.45, 2.75) is 6.92 Å². The molecular formula is C18H14N4O4. The number of nitro groups is 1. The fraction of sp³-hybridized carbons (Fsp3) is 0.0556. The second-order valence-electron chi connectivity index (χ2n) is 5.45. The van der Waals surface area contributed by atoms with Gasteiger partial charge in [0, 0.05) is 29.5 Å². The van der Waals surface area contributed by atoms with Crippen molar-refractivity contribution in [3.8, 4) is 11.5 Å². The number of nitrogens with one attached hydrogen (secondary N) is 1. The minimum absolute atomic E-state index is 0.0318. The zero-order chi connectivity index (χ0) is 18.5. The first-order valence-corrected chi connectivity index (χ1v) is 7.63. The predicted molar refractivity (Wildman–Crippen MR) is 95.2 cm³/mol. The van der Waals surface area contributed by atoms with Crippen molar-refractivity contribution >= 4 is 23.4 Å².